The van der Waals surface area contributed by atoms with Crippen molar-refractivity contribution in [3.63, 3.8) is 0 Å². The van der Waals surface area contributed by atoms with Gasteiger partial charge in [0.25, 0.3) is 11.8 Å². The maximum absolute atomic E-state index is 13.5. The van der Waals surface area contributed by atoms with E-state index in [2.05, 4.69) is 15.3 Å². The predicted octanol–water partition coefficient (Wildman–Crippen LogP) is 1.92. The number of amides is 2. The van der Waals surface area contributed by atoms with E-state index < -0.39 is 5.82 Å². The van der Waals surface area contributed by atoms with Crippen molar-refractivity contribution in [2.75, 3.05) is 13.1 Å². The summed E-state index contributed by atoms with van der Waals surface area (Å²) in [6.45, 7) is 4.99. The summed E-state index contributed by atoms with van der Waals surface area (Å²) >= 11 is 0. The first-order chi connectivity index (χ1) is 12.5. The lowest BCUT2D eigenvalue weighted by Crippen LogP contribution is -2.37. The van der Waals surface area contributed by atoms with Gasteiger partial charge in [-0.15, -0.1) is 0 Å². The van der Waals surface area contributed by atoms with Crippen molar-refractivity contribution in [3.05, 3.63) is 52.9 Å². The van der Waals surface area contributed by atoms with Gasteiger partial charge < -0.3 is 15.2 Å². The standard InChI is InChI=1S/C19H21FN4O2/c1-3-11-4-5-12(20)6-13(11)18(25)23-17-14-8-24(9-15(14)17)19(26)16-7-21-10(2)22-16/h4-7,14-15,17H,3,8-9H2,1-2H3,(H,21,22)(H,23,25)/t14-,15+,17?. The molecule has 2 heterocycles. The van der Waals surface area contributed by atoms with E-state index in [0.717, 1.165) is 5.56 Å². The maximum atomic E-state index is 13.5. The molecule has 2 amide bonds. The van der Waals surface area contributed by atoms with Crippen molar-refractivity contribution < 1.29 is 14.0 Å². The van der Waals surface area contributed by atoms with Gasteiger partial charge in [-0.25, -0.2) is 9.37 Å². The zero-order chi connectivity index (χ0) is 18.4. The minimum Gasteiger partial charge on any atom is -0.349 e. The Morgan fingerprint density at radius 3 is 2.69 bits per heavy atom. The second kappa shape index (κ2) is 6.23. The molecule has 1 aliphatic heterocycles. The van der Waals surface area contributed by atoms with Gasteiger partial charge in [0.2, 0.25) is 0 Å². The number of likely N-dealkylation sites (tertiary alicyclic amines) is 1. The third-order valence-electron chi connectivity index (χ3n) is 5.41. The van der Waals surface area contributed by atoms with Gasteiger partial charge in [0.05, 0.1) is 6.20 Å². The Labute approximate surface area is 150 Å². The minimum absolute atomic E-state index is 0.0544. The molecule has 1 aromatic carbocycles. The Balaban J connectivity index is 1.37. The van der Waals surface area contributed by atoms with Gasteiger partial charge in [-0.05, 0) is 31.0 Å². The van der Waals surface area contributed by atoms with E-state index in [1.165, 1.54) is 12.1 Å². The number of benzene rings is 1. The van der Waals surface area contributed by atoms with Crippen molar-refractivity contribution in [3.8, 4) is 0 Å². The van der Waals surface area contributed by atoms with E-state index in [0.29, 0.717) is 36.6 Å². The number of carbonyl (C=O) groups is 2. The third-order valence-corrected chi connectivity index (χ3v) is 5.41. The Bertz CT molecular complexity index is 866. The van der Waals surface area contributed by atoms with E-state index in [-0.39, 0.29) is 29.7 Å². The molecule has 2 fully saturated rings. The molecule has 7 heteroatoms. The number of aryl methyl sites for hydroxylation is 2. The summed E-state index contributed by atoms with van der Waals surface area (Å²) in [6.07, 6.45) is 2.23. The highest BCUT2D eigenvalue weighted by Gasteiger charge is 2.57. The van der Waals surface area contributed by atoms with E-state index >= 15 is 0 Å². The molecule has 2 aromatic rings. The van der Waals surface area contributed by atoms with E-state index in [4.69, 9.17) is 0 Å². The van der Waals surface area contributed by atoms with Crippen LogP contribution in [-0.4, -0.2) is 45.8 Å². The van der Waals surface area contributed by atoms with Crippen LogP contribution in [0, 0.1) is 24.6 Å². The summed E-state index contributed by atoms with van der Waals surface area (Å²) in [5, 5.41) is 3.01. The van der Waals surface area contributed by atoms with Crippen LogP contribution in [0.2, 0.25) is 0 Å². The molecule has 1 unspecified atom stereocenters. The SMILES string of the molecule is CCc1ccc(F)cc1C(=O)NC1[C@H]2CN(C(=O)c3cnc(C)[nH]3)C[C@@H]12. The largest absolute Gasteiger partial charge is 0.349 e. The van der Waals surface area contributed by atoms with Crippen LogP contribution in [0.4, 0.5) is 4.39 Å². The van der Waals surface area contributed by atoms with E-state index in [1.54, 1.807) is 24.1 Å². The molecule has 2 aliphatic rings. The number of aromatic nitrogens is 2. The van der Waals surface area contributed by atoms with Crippen LogP contribution in [-0.2, 0) is 6.42 Å². The Morgan fingerprint density at radius 1 is 1.35 bits per heavy atom. The number of aromatic amines is 1. The molecule has 1 aromatic heterocycles. The third kappa shape index (κ3) is 2.87. The predicted molar refractivity (Wildman–Crippen MR) is 93.2 cm³/mol. The molecule has 1 aliphatic carbocycles. The van der Waals surface area contributed by atoms with Crippen LogP contribution >= 0.6 is 0 Å². The average Bonchev–Trinajstić information content (AvgIpc) is 2.99. The average molecular weight is 356 g/mol. The molecule has 2 N–H and O–H groups in total. The molecular weight excluding hydrogens is 335 g/mol. The normalized spacial score (nSPS) is 23.7. The van der Waals surface area contributed by atoms with Gasteiger partial charge in [-0.3, -0.25) is 9.59 Å². The van der Waals surface area contributed by atoms with Crippen LogP contribution in [0.15, 0.2) is 24.4 Å². The number of hydrogen-bond donors (Lipinski definition) is 2. The first-order valence-electron chi connectivity index (χ1n) is 8.88. The molecular formula is C19H21FN4O2. The van der Waals surface area contributed by atoms with Crippen molar-refractivity contribution >= 4 is 11.8 Å². The molecule has 0 spiro atoms. The molecule has 1 saturated carbocycles. The first kappa shape index (κ1) is 16.8. The zero-order valence-electron chi connectivity index (χ0n) is 14.8. The topological polar surface area (TPSA) is 78.1 Å². The van der Waals surface area contributed by atoms with E-state index in [9.17, 15) is 14.0 Å². The highest BCUT2D eigenvalue weighted by molar-refractivity contribution is 5.96. The number of piperidine rings is 1. The first-order valence-corrected chi connectivity index (χ1v) is 8.88. The minimum atomic E-state index is -0.407. The monoisotopic (exact) mass is 356 g/mol. The number of carbonyl (C=O) groups excluding carboxylic acids is 2. The van der Waals surface area contributed by atoms with Crippen LogP contribution < -0.4 is 5.32 Å². The number of H-pyrrole nitrogens is 1. The molecule has 1 saturated heterocycles. The molecule has 0 radical (unpaired) electrons. The fraction of sp³-hybridized carbons (Fsp3) is 0.421. The van der Waals surface area contributed by atoms with Crippen LogP contribution in [0.3, 0.4) is 0 Å². The highest BCUT2D eigenvalue weighted by Crippen LogP contribution is 2.46. The smallest absolute Gasteiger partial charge is 0.271 e. The summed E-state index contributed by atoms with van der Waals surface area (Å²) in [7, 11) is 0. The van der Waals surface area contributed by atoms with Crippen LogP contribution in [0.25, 0.3) is 0 Å². The lowest BCUT2D eigenvalue weighted by molar-refractivity contribution is 0.0764. The molecule has 6 nitrogen and oxygen atoms in total. The summed E-state index contributed by atoms with van der Waals surface area (Å²) < 4.78 is 13.5. The van der Waals surface area contributed by atoms with Gasteiger partial charge in [-0.1, -0.05) is 13.0 Å². The number of halogens is 1. The second-order valence-electron chi connectivity index (χ2n) is 7.07. The number of fused-ring (bicyclic) bond motifs is 1. The quantitative estimate of drug-likeness (QED) is 0.879. The summed E-state index contributed by atoms with van der Waals surface area (Å²) in [6, 6.07) is 4.39. The van der Waals surface area contributed by atoms with Gasteiger partial charge in [0.1, 0.15) is 17.3 Å². The maximum Gasteiger partial charge on any atom is 0.271 e. The van der Waals surface area contributed by atoms with Gasteiger partial charge in [-0.2, -0.15) is 0 Å². The highest BCUT2D eigenvalue weighted by atomic mass is 19.1. The molecule has 4 rings (SSSR count). The number of rotatable bonds is 4. The summed E-state index contributed by atoms with van der Waals surface area (Å²) in [5.41, 5.74) is 1.73. The van der Waals surface area contributed by atoms with Gasteiger partial charge in [0.15, 0.2) is 0 Å². The van der Waals surface area contributed by atoms with Crippen molar-refractivity contribution in [2.24, 2.45) is 11.8 Å². The fourth-order valence-corrected chi connectivity index (χ4v) is 3.90. The van der Waals surface area contributed by atoms with Gasteiger partial charge in [0, 0.05) is 36.5 Å². The summed E-state index contributed by atoms with van der Waals surface area (Å²) in [5.74, 6) is 0.555. The van der Waals surface area contributed by atoms with Crippen LogP contribution in [0.1, 0.15) is 39.2 Å². The molecule has 0 bridgehead atoms. The fourth-order valence-electron chi connectivity index (χ4n) is 3.90. The second-order valence-corrected chi connectivity index (χ2v) is 7.07. The van der Waals surface area contributed by atoms with Crippen LogP contribution in [0.5, 0.6) is 0 Å². The van der Waals surface area contributed by atoms with Crippen molar-refractivity contribution in [2.45, 2.75) is 26.3 Å². The van der Waals surface area contributed by atoms with E-state index in [1.807, 2.05) is 6.92 Å². The van der Waals surface area contributed by atoms with Crippen molar-refractivity contribution in [1.29, 1.82) is 0 Å². The number of nitrogens with one attached hydrogen (secondary N) is 2. The Hall–Kier alpha value is -2.70. The zero-order valence-corrected chi connectivity index (χ0v) is 14.8. The molecule has 136 valence electrons. The lowest BCUT2D eigenvalue weighted by Gasteiger charge is -2.19. The van der Waals surface area contributed by atoms with Gasteiger partial charge >= 0.3 is 0 Å². The molecule has 3 atom stereocenters. The number of hydrogen-bond acceptors (Lipinski definition) is 3. The van der Waals surface area contributed by atoms with Crippen molar-refractivity contribution in [1.82, 2.24) is 20.2 Å². The summed E-state index contributed by atoms with van der Waals surface area (Å²) in [4.78, 5) is 33.8. The molecule has 26 heavy (non-hydrogen) atoms. The number of nitrogens with zero attached hydrogens (tertiary/aromatic N) is 2. The number of imidazole rings is 1. The Morgan fingerprint density at radius 2 is 2.08 bits per heavy atom. The Kier molecular flexibility index (Phi) is 4.01. The lowest BCUT2D eigenvalue weighted by atomic mass is 10.0.